The molecule has 130 valence electrons. The van der Waals surface area contributed by atoms with Gasteiger partial charge in [0.25, 0.3) is 0 Å². The van der Waals surface area contributed by atoms with Crippen molar-refractivity contribution in [3.63, 3.8) is 0 Å². The van der Waals surface area contributed by atoms with E-state index < -0.39 is 0 Å². The largest absolute Gasteiger partial charge is 0.497 e. The number of methoxy groups -OCH3 is 1. The van der Waals surface area contributed by atoms with Crippen molar-refractivity contribution in [1.82, 2.24) is 9.88 Å². The molecule has 1 aliphatic rings. The highest BCUT2D eigenvalue weighted by Gasteiger charge is 2.20. The fourth-order valence-corrected chi connectivity index (χ4v) is 4.10. The van der Waals surface area contributed by atoms with Crippen LogP contribution in [0.15, 0.2) is 36.4 Å². The number of rotatable bonds is 3. The molecule has 25 heavy (non-hydrogen) atoms. The lowest BCUT2D eigenvalue weighted by Crippen LogP contribution is -2.22. The third-order valence-corrected chi connectivity index (χ3v) is 5.27. The van der Waals surface area contributed by atoms with E-state index in [0.717, 1.165) is 31.8 Å². The zero-order valence-electron chi connectivity index (χ0n) is 15.4. The van der Waals surface area contributed by atoms with Gasteiger partial charge in [0, 0.05) is 29.7 Å². The van der Waals surface area contributed by atoms with Gasteiger partial charge in [-0.05, 0) is 68.1 Å². The summed E-state index contributed by atoms with van der Waals surface area (Å²) in [6.45, 7) is 7.51. The molecule has 4 rings (SSSR count). The van der Waals surface area contributed by atoms with Crippen LogP contribution in [-0.2, 0) is 19.5 Å². The first-order valence-corrected chi connectivity index (χ1v) is 9.10. The van der Waals surface area contributed by atoms with Crippen molar-refractivity contribution in [3.8, 4) is 5.75 Å². The number of hydrogen-bond acceptors (Lipinski definition) is 2. The molecule has 0 spiro atoms. The van der Waals surface area contributed by atoms with Gasteiger partial charge in [-0.2, -0.15) is 0 Å². The third-order valence-electron chi connectivity index (χ3n) is 5.27. The van der Waals surface area contributed by atoms with Gasteiger partial charge >= 0.3 is 0 Å². The number of aromatic nitrogens is 1. The van der Waals surface area contributed by atoms with Crippen LogP contribution in [0.25, 0.3) is 10.9 Å². The summed E-state index contributed by atoms with van der Waals surface area (Å²) in [5.74, 6) is 0.936. The van der Waals surface area contributed by atoms with Crippen LogP contribution in [-0.4, -0.2) is 23.5 Å². The summed E-state index contributed by atoms with van der Waals surface area (Å²) in [7, 11) is 1.73. The predicted molar refractivity (Wildman–Crippen MR) is 103 cm³/mol. The zero-order valence-corrected chi connectivity index (χ0v) is 15.4. The Morgan fingerprint density at radius 1 is 1.16 bits per heavy atom. The molecule has 1 aromatic heterocycles. The van der Waals surface area contributed by atoms with Crippen LogP contribution in [0.3, 0.4) is 0 Å². The van der Waals surface area contributed by atoms with Gasteiger partial charge in [-0.3, -0.25) is 4.90 Å². The Labute approximate surface area is 149 Å². The van der Waals surface area contributed by atoms with Gasteiger partial charge in [-0.1, -0.05) is 23.8 Å². The van der Waals surface area contributed by atoms with Crippen LogP contribution in [0, 0.1) is 13.8 Å². The van der Waals surface area contributed by atoms with Crippen molar-refractivity contribution in [2.45, 2.75) is 39.8 Å². The number of aryl methyl sites for hydroxylation is 3. The molecule has 0 saturated heterocycles. The smallest absolute Gasteiger partial charge is 0.119 e. The minimum Gasteiger partial charge on any atom is -0.497 e. The first kappa shape index (κ1) is 16.2. The Hall–Kier alpha value is -2.26. The molecule has 0 fully saturated rings. The monoisotopic (exact) mass is 334 g/mol. The molecule has 3 aromatic rings. The van der Waals surface area contributed by atoms with Crippen molar-refractivity contribution in [2.24, 2.45) is 0 Å². The van der Waals surface area contributed by atoms with Gasteiger partial charge in [0.05, 0.1) is 7.11 Å². The maximum atomic E-state index is 5.37. The van der Waals surface area contributed by atoms with Crippen molar-refractivity contribution in [2.75, 3.05) is 13.7 Å². The number of nitrogens with one attached hydrogen (secondary N) is 1. The summed E-state index contributed by atoms with van der Waals surface area (Å²) >= 11 is 0. The number of aromatic amines is 1. The third kappa shape index (κ3) is 3.16. The molecule has 2 heterocycles. The quantitative estimate of drug-likeness (QED) is 0.749. The lowest BCUT2D eigenvalue weighted by atomic mass is 10.0. The van der Waals surface area contributed by atoms with Crippen molar-refractivity contribution < 1.29 is 4.74 Å². The van der Waals surface area contributed by atoms with Crippen LogP contribution in [0.5, 0.6) is 5.75 Å². The Kier molecular flexibility index (Phi) is 4.26. The summed E-state index contributed by atoms with van der Waals surface area (Å²) in [6.07, 6.45) is 2.33. The zero-order chi connectivity index (χ0) is 17.4. The molecule has 1 N–H and O–H groups in total. The second kappa shape index (κ2) is 6.57. The number of nitrogens with zero attached hydrogens (tertiary/aromatic N) is 1. The average Bonchev–Trinajstić information content (AvgIpc) is 2.81. The molecule has 2 aromatic carbocycles. The molecule has 3 nitrogen and oxygen atoms in total. The van der Waals surface area contributed by atoms with Gasteiger partial charge in [-0.15, -0.1) is 0 Å². The highest BCUT2D eigenvalue weighted by molar-refractivity contribution is 5.88. The molecule has 0 aliphatic carbocycles. The molecular weight excluding hydrogens is 308 g/mol. The van der Waals surface area contributed by atoms with E-state index in [4.69, 9.17) is 4.74 Å². The Bertz CT molecular complexity index is 910. The molecule has 0 amide bonds. The molecule has 0 unspecified atom stereocenters. The molecule has 0 atom stereocenters. The first-order chi connectivity index (χ1) is 12.1. The number of ether oxygens (including phenoxy) is 1. The molecule has 0 bridgehead atoms. The lowest BCUT2D eigenvalue weighted by Gasteiger charge is -2.20. The molecule has 0 radical (unpaired) electrons. The van der Waals surface area contributed by atoms with Crippen molar-refractivity contribution in [3.05, 3.63) is 64.3 Å². The SMILES string of the molecule is COc1cccc(CN2CCCc3[nH]c4c(C)cc(C)cc4c3C2)c1. The summed E-state index contributed by atoms with van der Waals surface area (Å²) in [6, 6.07) is 13.0. The van der Waals surface area contributed by atoms with Crippen LogP contribution >= 0.6 is 0 Å². The van der Waals surface area contributed by atoms with Gasteiger partial charge in [0.1, 0.15) is 5.75 Å². The van der Waals surface area contributed by atoms with Crippen molar-refractivity contribution in [1.29, 1.82) is 0 Å². The second-order valence-corrected chi connectivity index (χ2v) is 7.25. The van der Waals surface area contributed by atoms with E-state index in [1.165, 1.54) is 45.3 Å². The first-order valence-electron chi connectivity index (χ1n) is 9.10. The Morgan fingerprint density at radius 2 is 2.04 bits per heavy atom. The van der Waals surface area contributed by atoms with E-state index in [2.05, 4.69) is 54.1 Å². The highest BCUT2D eigenvalue weighted by Crippen LogP contribution is 2.31. The summed E-state index contributed by atoms with van der Waals surface area (Å²) < 4.78 is 5.37. The maximum absolute atomic E-state index is 5.37. The maximum Gasteiger partial charge on any atom is 0.119 e. The van der Waals surface area contributed by atoms with E-state index in [1.54, 1.807) is 7.11 Å². The van der Waals surface area contributed by atoms with E-state index in [9.17, 15) is 0 Å². The highest BCUT2D eigenvalue weighted by atomic mass is 16.5. The predicted octanol–water partition coefficient (Wildman–Crippen LogP) is 4.74. The molecular formula is C22H26N2O. The molecule has 3 heteroatoms. The summed E-state index contributed by atoms with van der Waals surface area (Å²) in [5.41, 5.74) is 8.24. The standard InChI is InChI=1S/C22H26N2O/c1-15-10-16(2)22-19(11-15)20-14-24(9-5-8-21(20)23-22)13-17-6-4-7-18(12-17)25-3/h4,6-7,10-12,23H,5,8-9,13-14H2,1-3H3. The number of fused-ring (bicyclic) bond motifs is 3. The van der Waals surface area contributed by atoms with E-state index in [0.29, 0.717) is 0 Å². The van der Waals surface area contributed by atoms with Gasteiger partial charge < -0.3 is 9.72 Å². The summed E-state index contributed by atoms with van der Waals surface area (Å²) in [4.78, 5) is 6.27. The minimum absolute atomic E-state index is 0.936. The van der Waals surface area contributed by atoms with Crippen LogP contribution in [0.2, 0.25) is 0 Å². The van der Waals surface area contributed by atoms with Crippen LogP contribution < -0.4 is 4.74 Å². The van der Waals surface area contributed by atoms with Gasteiger partial charge in [-0.25, -0.2) is 0 Å². The lowest BCUT2D eigenvalue weighted by molar-refractivity contribution is 0.261. The van der Waals surface area contributed by atoms with Crippen LogP contribution in [0.4, 0.5) is 0 Å². The van der Waals surface area contributed by atoms with Crippen molar-refractivity contribution >= 4 is 10.9 Å². The summed E-state index contributed by atoms with van der Waals surface area (Å²) in [5, 5.41) is 1.41. The normalized spacial score (nSPS) is 15.2. The van der Waals surface area contributed by atoms with Gasteiger partial charge in [0.2, 0.25) is 0 Å². The molecule has 0 saturated carbocycles. The Balaban J connectivity index is 1.66. The van der Waals surface area contributed by atoms with E-state index in [-0.39, 0.29) is 0 Å². The number of H-pyrrole nitrogens is 1. The minimum atomic E-state index is 0.936. The molecule has 1 aliphatic heterocycles. The van der Waals surface area contributed by atoms with Gasteiger partial charge in [0.15, 0.2) is 0 Å². The fraction of sp³-hybridized carbons (Fsp3) is 0.364. The average molecular weight is 334 g/mol. The Morgan fingerprint density at radius 3 is 2.88 bits per heavy atom. The fourth-order valence-electron chi connectivity index (χ4n) is 4.10. The number of hydrogen-bond donors (Lipinski definition) is 1. The van der Waals surface area contributed by atoms with Crippen LogP contribution in [0.1, 0.15) is 34.4 Å². The van der Waals surface area contributed by atoms with E-state index in [1.807, 2.05) is 6.07 Å². The van der Waals surface area contributed by atoms with E-state index >= 15 is 0 Å². The topological polar surface area (TPSA) is 28.3 Å². The second-order valence-electron chi connectivity index (χ2n) is 7.25. The number of benzene rings is 2.